The zero-order valence-corrected chi connectivity index (χ0v) is 15.9. The molecule has 0 aliphatic rings. The molecule has 0 fully saturated rings. The Balaban J connectivity index is 1.77. The molecule has 0 amide bonds. The van der Waals surface area contributed by atoms with Crippen LogP contribution in [0.3, 0.4) is 0 Å². The van der Waals surface area contributed by atoms with Gasteiger partial charge in [0.1, 0.15) is 5.58 Å². The van der Waals surface area contributed by atoms with E-state index in [0.717, 1.165) is 10.7 Å². The van der Waals surface area contributed by atoms with Crippen LogP contribution in [-0.4, -0.2) is 0 Å². The molecule has 0 saturated heterocycles. The minimum atomic E-state index is 0.283. The van der Waals surface area contributed by atoms with Gasteiger partial charge in [0.15, 0.2) is 5.09 Å². The maximum atomic E-state index is 6.30. The summed E-state index contributed by atoms with van der Waals surface area (Å²) >= 11 is 1.81. The summed E-state index contributed by atoms with van der Waals surface area (Å²) in [6.45, 7) is 4.51. The van der Waals surface area contributed by atoms with E-state index >= 15 is 0 Å². The molecule has 0 spiro atoms. The Labute approximate surface area is 159 Å². The van der Waals surface area contributed by atoms with E-state index in [2.05, 4.69) is 92.7 Å². The Morgan fingerprint density at radius 1 is 0.692 bits per heavy atom. The molecule has 3 aromatic carbocycles. The Bertz CT molecular complexity index is 989. The molecule has 0 bridgehead atoms. The first-order chi connectivity index (χ1) is 12.7. The van der Waals surface area contributed by atoms with Crippen LogP contribution in [0, 0.1) is 0 Å². The Hall–Kier alpha value is -2.45. The number of hydrogen-bond donors (Lipinski definition) is 0. The van der Waals surface area contributed by atoms with Crippen molar-refractivity contribution in [1.82, 2.24) is 0 Å². The monoisotopic (exact) mass is 358 g/mol. The fourth-order valence-corrected chi connectivity index (χ4v) is 4.57. The number of fused-ring (bicyclic) bond motifs is 1. The number of para-hydroxylation sites is 1. The normalized spacial score (nSPS) is 13.6. The summed E-state index contributed by atoms with van der Waals surface area (Å²) < 4.78 is 6.30. The van der Waals surface area contributed by atoms with Crippen LogP contribution in [0.2, 0.25) is 0 Å². The average Bonchev–Trinajstić information content (AvgIpc) is 3.06. The second kappa shape index (κ2) is 7.43. The van der Waals surface area contributed by atoms with Crippen molar-refractivity contribution in [3.63, 3.8) is 0 Å². The summed E-state index contributed by atoms with van der Waals surface area (Å²) in [6.07, 6.45) is 0. The average molecular weight is 359 g/mol. The Morgan fingerprint density at radius 2 is 1.27 bits per heavy atom. The number of furan rings is 1. The van der Waals surface area contributed by atoms with Gasteiger partial charge in [0.25, 0.3) is 0 Å². The van der Waals surface area contributed by atoms with Crippen molar-refractivity contribution in [3.05, 3.63) is 102 Å². The molecule has 1 nitrogen and oxygen atoms in total. The standard InChI is InChI=1S/C24H22OS/c1-17(19-11-5-3-6-12-19)23-21-15-9-10-16-22(21)25-24(23)26-18(2)20-13-7-4-8-14-20/h3-18H,1-2H3. The molecule has 0 aliphatic heterocycles. The van der Waals surface area contributed by atoms with Gasteiger partial charge in [-0.15, -0.1) is 0 Å². The first-order valence-electron chi connectivity index (χ1n) is 9.02. The first-order valence-corrected chi connectivity index (χ1v) is 9.90. The van der Waals surface area contributed by atoms with E-state index in [4.69, 9.17) is 4.42 Å². The lowest BCUT2D eigenvalue weighted by molar-refractivity contribution is 0.502. The smallest absolute Gasteiger partial charge is 0.165 e. The molecule has 0 radical (unpaired) electrons. The highest BCUT2D eigenvalue weighted by atomic mass is 32.2. The SMILES string of the molecule is CC(Sc1oc2ccccc2c1C(C)c1ccccc1)c1ccccc1. The zero-order chi connectivity index (χ0) is 17.9. The maximum Gasteiger partial charge on any atom is 0.165 e. The van der Waals surface area contributed by atoms with Crippen molar-refractivity contribution in [2.75, 3.05) is 0 Å². The minimum absolute atomic E-state index is 0.283. The fourth-order valence-electron chi connectivity index (χ4n) is 3.40. The van der Waals surface area contributed by atoms with Crippen molar-refractivity contribution < 1.29 is 4.42 Å². The van der Waals surface area contributed by atoms with Crippen molar-refractivity contribution in [2.24, 2.45) is 0 Å². The van der Waals surface area contributed by atoms with Crippen LogP contribution in [0.4, 0.5) is 0 Å². The predicted molar refractivity (Wildman–Crippen MR) is 111 cm³/mol. The van der Waals surface area contributed by atoms with Gasteiger partial charge in [-0.05, 0) is 24.1 Å². The second-order valence-electron chi connectivity index (χ2n) is 6.60. The summed E-state index contributed by atoms with van der Waals surface area (Å²) in [5.41, 5.74) is 4.89. The second-order valence-corrected chi connectivity index (χ2v) is 7.92. The van der Waals surface area contributed by atoms with Gasteiger partial charge in [-0.25, -0.2) is 0 Å². The molecule has 0 N–H and O–H groups in total. The predicted octanol–water partition coefficient (Wildman–Crippen LogP) is 7.44. The lowest BCUT2D eigenvalue weighted by Gasteiger charge is -2.15. The quantitative estimate of drug-likeness (QED) is 0.344. The molecule has 1 heterocycles. The molecule has 4 rings (SSSR count). The summed E-state index contributed by atoms with van der Waals surface area (Å²) in [6, 6.07) is 29.6. The largest absolute Gasteiger partial charge is 0.450 e. The fraction of sp³-hybridized carbons (Fsp3) is 0.167. The molecule has 2 atom stereocenters. The summed E-state index contributed by atoms with van der Waals surface area (Å²) in [5, 5.41) is 2.57. The lowest BCUT2D eigenvalue weighted by atomic mass is 9.93. The van der Waals surface area contributed by atoms with E-state index in [-0.39, 0.29) is 5.92 Å². The summed E-state index contributed by atoms with van der Waals surface area (Å²) in [5.74, 6) is 0.283. The van der Waals surface area contributed by atoms with Gasteiger partial charge in [-0.2, -0.15) is 0 Å². The number of benzene rings is 3. The van der Waals surface area contributed by atoms with Crippen molar-refractivity contribution in [2.45, 2.75) is 30.1 Å². The topological polar surface area (TPSA) is 13.1 Å². The molecule has 0 saturated carbocycles. The van der Waals surface area contributed by atoms with Gasteiger partial charge in [0, 0.05) is 22.1 Å². The molecular weight excluding hydrogens is 336 g/mol. The van der Waals surface area contributed by atoms with Gasteiger partial charge in [-0.3, -0.25) is 0 Å². The Kier molecular flexibility index (Phi) is 4.85. The van der Waals surface area contributed by atoms with Gasteiger partial charge >= 0.3 is 0 Å². The van der Waals surface area contributed by atoms with E-state index in [1.54, 1.807) is 11.8 Å². The molecule has 0 aliphatic carbocycles. The van der Waals surface area contributed by atoms with E-state index < -0.39 is 0 Å². The van der Waals surface area contributed by atoms with Gasteiger partial charge in [0.2, 0.25) is 0 Å². The molecule has 2 heteroatoms. The van der Waals surface area contributed by atoms with E-state index in [9.17, 15) is 0 Å². The van der Waals surface area contributed by atoms with Crippen molar-refractivity contribution >= 4 is 22.7 Å². The van der Waals surface area contributed by atoms with Gasteiger partial charge in [-0.1, -0.05) is 97.5 Å². The van der Waals surface area contributed by atoms with Crippen LogP contribution in [0.5, 0.6) is 0 Å². The molecule has 4 aromatic rings. The van der Waals surface area contributed by atoms with Crippen LogP contribution in [0.25, 0.3) is 11.0 Å². The van der Waals surface area contributed by atoms with Crippen molar-refractivity contribution in [1.29, 1.82) is 0 Å². The summed E-state index contributed by atoms with van der Waals surface area (Å²) in [4.78, 5) is 0. The van der Waals surface area contributed by atoms with E-state index in [0.29, 0.717) is 5.25 Å². The number of hydrogen-bond acceptors (Lipinski definition) is 2. The molecule has 2 unspecified atom stereocenters. The maximum absolute atomic E-state index is 6.30. The van der Waals surface area contributed by atoms with Crippen LogP contribution in [-0.2, 0) is 0 Å². The molecule has 26 heavy (non-hydrogen) atoms. The van der Waals surface area contributed by atoms with Crippen LogP contribution in [0.15, 0.2) is 94.4 Å². The van der Waals surface area contributed by atoms with Crippen LogP contribution < -0.4 is 0 Å². The van der Waals surface area contributed by atoms with Crippen LogP contribution >= 0.6 is 11.8 Å². The minimum Gasteiger partial charge on any atom is -0.450 e. The third-order valence-corrected chi connectivity index (χ3v) is 6.03. The highest BCUT2D eigenvalue weighted by Gasteiger charge is 2.23. The van der Waals surface area contributed by atoms with Crippen LogP contribution in [0.1, 0.15) is 41.7 Å². The highest BCUT2D eigenvalue weighted by molar-refractivity contribution is 7.99. The molecule has 1 aromatic heterocycles. The van der Waals surface area contributed by atoms with E-state index in [1.165, 1.54) is 22.1 Å². The van der Waals surface area contributed by atoms with Gasteiger partial charge in [0.05, 0.1) is 0 Å². The highest BCUT2D eigenvalue weighted by Crippen LogP contribution is 2.45. The zero-order valence-electron chi connectivity index (χ0n) is 15.1. The summed E-state index contributed by atoms with van der Waals surface area (Å²) in [7, 11) is 0. The first kappa shape index (κ1) is 17.0. The molecule has 130 valence electrons. The number of rotatable bonds is 5. The van der Waals surface area contributed by atoms with Crippen molar-refractivity contribution in [3.8, 4) is 0 Å². The number of thioether (sulfide) groups is 1. The molecular formula is C24H22OS. The third-order valence-electron chi connectivity index (χ3n) is 4.89. The third kappa shape index (κ3) is 3.30. The lowest BCUT2D eigenvalue weighted by Crippen LogP contribution is -1.97. The van der Waals surface area contributed by atoms with E-state index in [1.807, 2.05) is 6.07 Å². The Morgan fingerprint density at radius 3 is 1.96 bits per heavy atom. The van der Waals surface area contributed by atoms with Gasteiger partial charge < -0.3 is 4.42 Å².